The van der Waals surface area contributed by atoms with Gasteiger partial charge in [-0.25, -0.2) is 0 Å². The number of hydrogen-bond donors (Lipinski definition) is 0. The van der Waals surface area contributed by atoms with E-state index >= 15 is 0 Å². The van der Waals surface area contributed by atoms with Crippen LogP contribution in [0.25, 0.3) is 0 Å². The third-order valence-electron chi connectivity index (χ3n) is 2.85. The second kappa shape index (κ2) is 9.01. The summed E-state index contributed by atoms with van der Waals surface area (Å²) in [6.45, 7) is 0. The third kappa shape index (κ3) is 5.94. The predicted molar refractivity (Wildman–Crippen MR) is 103 cm³/mol. The molecule has 0 atom stereocenters. The van der Waals surface area contributed by atoms with E-state index in [0.29, 0.717) is 11.1 Å². The van der Waals surface area contributed by atoms with E-state index in [0.717, 1.165) is 8.95 Å². The molecule has 0 saturated heterocycles. The summed E-state index contributed by atoms with van der Waals surface area (Å²) in [5.41, 5.74) is 1.25. The quantitative estimate of drug-likeness (QED) is 0.396. The summed E-state index contributed by atoms with van der Waals surface area (Å²) in [5.74, 6) is -0.143. The van der Waals surface area contributed by atoms with Gasteiger partial charge in [0.1, 0.15) is 0 Å². The Kier molecular flexibility index (Phi) is 7.02. The number of carbonyl (C=O) groups is 2. The number of rotatable bonds is 6. The van der Waals surface area contributed by atoms with Crippen molar-refractivity contribution in [3.05, 3.63) is 91.6 Å². The molecule has 0 aliphatic heterocycles. The normalized spacial score (nSPS) is 11.2. The molecular weight excluding hydrogens is 440 g/mol. The molecule has 5 heteroatoms. The van der Waals surface area contributed by atoms with Crippen molar-refractivity contribution in [2.24, 2.45) is 0 Å². The Labute approximate surface area is 155 Å². The molecule has 0 saturated carbocycles. The molecule has 0 radical (unpaired) electrons. The van der Waals surface area contributed by atoms with E-state index in [1.54, 1.807) is 35.1 Å². The molecule has 23 heavy (non-hydrogen) atoms. The minimum absolute atomic E-state index is 0.0716. The molecule has 0 aliphatic carbocycles. The minimum Gasteiger partial charge on any atom is -0.289 e. The Hall–Kier alpha value is -1.43. The number of allylic oxidation sites excluding steroid dienone is 2. The maximum atomic E-state index is 11.9. The van der Waals surface area contributed by atoms with Gasteiger partial charge in [-0.05, 0) is 71.5 Å². The molecule has 2 nitrogen and oxygen atoms in total. The van der Waals surface area contributed by atoms with Crippen molar-refractivity contribution in [2.75, 3.05) is 0 Å². The van der Waals surface area contributed by atoms with Crippen LogP contribution < -0.4 is 0 Å². The molecule has 2 rings (SSSR count). The highest BCUT2D eigenvalue weighted by molar-refractivity contribution is 9.10. The number of thioether (sulfide) groups is 1. The Morgan fingerprint density at radius 2 is 1.04 bits per heavy atom. The molecule has 0 bridgehead atoms. The average molecular weight is 452 g/mol. The van der Waals surface area contributed by atoms with Crippen LogP contribution in [0.4, 0.5) is 0 Å². The van der Waals surface area contributed by atoms with Gasteiger partial charge in [0.25, 0.3) is 0 Å². The summed E-state index contributed by atoms with van der Waals surface area (Å²) in [6, 6.07) is 14.3. The molecule has 0 unspecified atom stereocenters. The van der Waals surface area contributed by atoms with E-state index in [1.807, 2.05) is 24.3 Å². The fourth-order valence-corrected chi connectivity index (χ4v) is 2.69. The van der Waals surface area contributed by atoms with Crippen molar-refractivity contribution in [1.29, 1.82) is 0 Å². The highest BCUT2D eigenvalue weighted by Crippen LogP contribution is 2.14. The van der Waals surface area contributed by atoms with Crippen molar-refractivity contribution >= 4 is 55.2 Å². The second-order valence-electron chi connectivity index (χ2n) is 4.48. The molecule has 0 aliphatic rings. The molecule has 0 heterocycles. The van der Waals surface area contributed by atoms with E-state index in [1.165, 1.54) is 23.9 Å². The first-order chi connectivity index (χ1) is 11.1. The van der Waals surface area contributed by atoms with Crippen molar-refractivity contribution in [1.82, 2.24) is 0 Å². The van der Waals surface area contributed by atoms with Crippen LogP contribution in [0.2, 0.25) is 0 Å². The number of halogens is 2. The van der Waals surface area contributed by atoms with Crippen LogP contribution in [0.5, 0.6) is 0 Å². The summed E-state index contributed by atoms with van der Waals surface area (Å²) >= 11 is 7.94. The van der Waals surface area contributed by atoms with Crippen molar-refractivity contribution < 1.29 is 9.59 Å². The van der Waals surface area contributed by atoms with E-state index in [9.17, 15) is 9.59 Å². The van der Waals surface area contributed by atoms with Crippen LogP contribution in [0.3, 0.4) is 0 Å². The number of hydrogen-bond acceptors (Lipinski definition) is 3. The van der Waals surface area contributed by atoms with Gasteiger partial charge in [-0.3, -0.25) is 9.59 Å². The van der Waals surface area contributed by atoms with Gasteiger partial charge in [-0.2, -0.15) is 0 Å². The van der Waals surface area contributed by atoms with Gasteiger partial charge in [0, 0.05) is 20.1 Å². The predicted octanol–water partition coefficient (Wildman–Crippen LogP) is 6.04. The summed E-state index contributed by atoms with van der Waals surface area (Å²) in [5, 5.41) is 3.32. The van der Waals surface area contributed by atoms with Crippen LogP contribution >= 0.6 is 43.6 Å². The van der Waals surface area contributed by atoms with Crippen LogP contribution in [0, 0.1) is 0 Å². The lowest BCUT2D eigenvalue weighted by Gasteiger charge is -1.96. The van der Waals surface area contributed by atoms with Gasteiger partial charge >= 0.3 is 0 Å². The average Bonchev–Trinajstić information content (AvgIpc) is 2.55. The smallest absolute Gasteiger partial charge is 0.186 e. The summed E-state index contributed by atoms with van der Waals surface area (Å²) in [7, 11) is 0. The van der Waals surface area contributed by atoms with Crippen LogP contribution in [-0.4, -0.2) is 11.6 Å². The van der Waals surface area contributed by atoms with Gasteiger partial charge in [-0.1, -0.05) is 31.9 Å². The van der Waals surface area contributed by atoms with Crippen LogP contribution in [0.15, 0.2) is 80.4 Å². The molecule has 0 N–H and O–H groups in total. The molecule has 116 valence electrons. The highest BCUT2D eigenvalue weighted by Gasteiger charge is 2.01. The summed E-state index contributed by atoms with van der Waals surface area (Å²) in [4.78, 5) is 23.8. The second-order valence-corrected chi connectivity index (χ2v) is 7.13. The maximum Gasteiger partial charge on any atom is 0.186 e. The summed E-state index contributed by atoms with van der Waals surface area (Å²) < 4.78 is 1.86. The monoisotopic (exact) mass is 450 g/mol. The molecule has 2 aromatic carbocycles. The Bertz CT molecular complexity index is 682. The first-order valence-electron chi connectivity index (χ1n) is 6.64. The minimum atomic E-state index is -0.0716. The fourth-order valence-electron chi connectivity index (χ4n) is 1.67. The van der Waals surface area contributed by atoms with Crippen molar-refractivity contribution in [3.63, 3.8) is 0 Å². The number of ketones is 2. The first kappa shape index (κ1) is 17.9. The zero-order chi connectivity index (χ0) is 16.7. The van der Waals surface area contributed by atoms with E-state index in [4.69, 9.17) is 0 Å². The Morgan fingerprint density at radius 3 is 1.39 bits per heavy atom. The largest absolute Gasteiger partial charge is 0.289 e. The lowest BCUT2D eigenvalue weighted by molar-refractivity contribution is 0.103. The van der Waals surface area contributed by atoms with Gasteiger partial charge in [0.2, 0.25) is 0 Å². The third-order valence-corrected chi connectivity index (χ3v) is 4.50. The lowest BCUT2D eigenvalue weighted by Crippen LogP contribution is -1.93. The Morgan fingerprint density at radius 1 is 0.696 bits per heavy atom. The van der Waals surface area contributed by atoms with Gasteiger partial charge in [-0.15, -0.1) is 11.8 Å². The van der Waals surface area contributed by atoms with E-state index in [2.05, 4.69) is 31.9 Å². The van der Waals surface area contributed by atoms with Crippen LogP contribution in [-0.2, 0) is 0 Å². The Balaban J connectivity index is 1.86. The van der Waals surface area contributed by atoms with Gasteiger partial charge in [0.15, 0.2) is 11.6 Å². The topological polar surface area (TPSA) is 34.1 Å². The number of carbonyl (C=O) groups excluding carboxylic acids is 2. The number of benzene rings is 2. The molecule has 0 spiro atoms. The molecule has 0 fully saturated rings. The molecule has 2 aromatic rings. The zero-order valence-electron chi connectivity index (χ0n) is 11.9. The highest BCUT2D eigenvalue weighted by atomic mass is 79.9. The maximum absolute atomic E-state index is 11.9. The van der Waals surface area contributed by atoms with Gasteiger partial charge in [0.05, 0.1) is 0 Å². The van der Waals surface area contributed by atoms with E-state index in [-0.39, 0.29) is 11.6 Å². The molecular formula is C18H12Br2O2S. The zero-order valence-corrected chi connectivity index (χ0v) is 15.9. The molecule has 0 amide bonds. The molecule has 0 aromatic heterocycles. The van der Waals surface area contributed by atoms with Crippen LogP contribution in [0.1, 0.15) is 20.7 Å². The fraction of sp³-hybridized carbons (Fsp3) is 0. The van der Waals surface area contributed by atoms with Crippen molar-refractivity contribution in [2.45, 2.75) is 0 Å². The van der Waals surface area contributed by atoms with Gasteiger partial charge < -0.3 is 0 Å². The summed E-state index contributed by atoms with van der Waals surface area (Å²) in [6.07, 6.45) is 2.98. The van der Waals surface area contributed by atoms with E-state index < -0.39 is 0 Å². The SMILES string of the molecule is O=C(/C=C\S/C=C\C(=O)c1ccc(Br)cc1)c1ccc(Br)cc1. The lowest BCUT2D eigenvalue weighted by atomic mass is 10.1. The first-order valence-corrected chi connectivity index (χ1v) is 9.17. The van der Waals surface area contributed by atoms with Crippen molar-refractivity contribution in [3.8, 4) is 0 Å². The standard InChI is InChI=1S/C18H12Br2O2S/c19-15-5-1-13(2-6-15)17(21)9-11-23-12-10-18(22)14-3-7-16(20)8-4-14/h1-12H/b11-9-,12-10-.